The lowest BCUT2D eigenvalue weighted by Crippen LogP contribution is -2.44. The Balaban J connectivity index is 1.85. The van der Waals surface area contributed by atoms with Crippen LogP contribution >= 0.6 is 0 Å². The van der Waals surface area contributed by atoms with Gasteiger partial charge in [-0.1, -0.05) is 0 Å². The minimum Gasteiger partial charge on any atom is -0.489 e. The highest BCUT2D eigenvalue weighted by atomic mass is 32.2. The van der Waals surface area contributed by atoms with Crippen molar-refractivity contribution in [1.82, 2.24) is 0 Å². The van der Waals surface area contributed by atoms with E-state index in [0.29, 0.717) is 24.3 Å². The number of esters is 1. The van der Waals surface area contributed by atoms with Crippen LogP contribution in [0.3, 0.4) is 0 Å². The monoisotopic (exact) mass is 472 g/mol. The summed E-state index contributed by atoms with van der Waals surface area (Å²) in [5, 5.41) is 0. The summed E-state index contributed by atoms with van der Waals surface area (Å²) in [4.78, 5) is 11.9. The lowest BCUT2D eigenvalue weighted by Gasteiger charge is -2.34. The molecule has 1 heterocycles. The van der Waals surface area contributed by atoms with Gasteiger partial charge < -0.3 is 18.9 Å². The van der Waals surface area contributed by atoms with Crippen LogP contribution in [0.4, 0.5) is 4.39 Å². The molecule has 1 aromatic carbocycles. The summed E-state index contributed by atoms with van der Waals surface area (Å²) in [6, 6.07) is 5.91. The summed E-state index contributed by atoms with van der Waals surface area (Å²) in [6.45, 7) is 9.55. The zero-order valence-corrected chi connectivity index (χ0v) is 20.2. The van der Waals surface area contributed by atoms with Crippen molar-refractivity contribution in [1.29, 1.82) is 0 Å². The predicted molar refractivity (Wildman–Crippen MR) is 118 cm³/mol. The van der Waals surface area contributed by atoms with E-state index in [2.05, 4.69) is 0 Å². The van der Waals surface area contributed by atoms with E-state index in [4.69, 9.17) is 18.9 Å². The van der Waals surface area contributed by atoms with Crippen molar-refractivity contribution in [2.24, 2.45) is 0 Å². The van der Waals surface area contributed by atoms with Gasteiger partial charge in [-0.25, -0.2) is 12.8 Å². The maximum Gasteiger partial charge on any atom is 0.306 e. The minimum absolute atomic E-state index is 0.0394. The molecule has 0 saturated carbocycles. The number of rotatable bonds is 9. The van der Waals surface area contributed by atoms with Gasteiger partial charge in [0.25, 0.3) is 0 Å². The Morgan fingerprint density at radius 3 is 2.41 bits per heavy atom. The van der Waals surface area contributed by atoms with Gasteiger partial charge in [0.05, 0.1) is 41.9 Å². The number of sulfone groups is 1. The molecule has 1 unspecified atom stereocenters. The minimum atomic E-state index is -3.57. The lowest BCUT2D eigenvalue weighted by atomic mass is 10.1. The van der Waals surface area contributed by atoms with Gasteiger partial charge in [0, 0.05) is 6.42 Å². The standard InChI is InChI=1S/C23H33FO7S/c1-22(2,3)31-21(25)11-6-17(12-24)13-28-18-7-9-20(10-8-18)32(26,27)15-19-14-30-23(4,5)16-29-19/h7-10,12,19H,6,11,13-16H2,1-5H3/b17-12+. The molecule has 1 aliphatic rings. The fourth-order valence-electron chi connectivity index (χ4n) is 2.90. The van der Waals surface area contributed by atoms with Crippen LogP contribution in [0.25, 0.3) is 0 Å². The molecule has 1 fully saturated rings. The Hall–Kier alpha value is -1.97. The van der Waals surface area contributed by atoms with Gasteiger partial charge in [-0.2, -0.15) is 0 Å². The molecule has 9 heteroatoms. The van der Waals surface area contributed by atoms with Crippen molar-refractivity contribution in [3.05, 3.63) is 36.2 Å². The van der Waals surface area contributed by atoms with Gasteiger partial charge in [-0.15, -0.1) is 0 Å². The highest BCUT2D eigenvalue weighted by molar-refractivity contribution is 7.91. The Morgan fingerprint density at radius 2 is 1.88 bits per heavy atom. The molecular weight excluding hydrogens is 439 g/mol. The number of carbonyl (C=O) groups excluding carboxylic acids is 1. The number of halogens is 1. The molecule has 7 nitrogen and oxygen atoms in total. The fourth-order valence-corrected chi connectivity index (χ4v) is 4.32. The first kappa shape index (κ1) is 26.3. The van der Waals surface area contributed by atoms with Crippen LogP contribution in [0.15, 0.2) is 41.1 Å². The van der Waals surface area contributed by atoms with E-state index in [0.717, 1.165) is 0 Å². The average molecular weight is 473 g/mol. The van der Waals surface area contributed by atoms with E-state index in [-0.39, 0.29) is 36.7 Å². The first-order valence-corrected chi connectivity index (χ1v) is 12.2. The zero-order chi connectivity index (χ0) is 24.0. The Labute approximate surface area is 189 Å². The predicted octanol–water partition coefficient (Wildman–Crippen LogP) is 4.01. The summed E-state index contributed by atoms with van der Waals surface area (Å²) < 4.78 is 60.4. The highest BCUT2D eigenvalue weighted by Gasteiger charge is 2.31. The van der Waals surface area contributed by atoms with Crippen molar-refractivity contribution in [3.63, 3.8) is 0 Å². The first-order valence-electron chi connectivity index (χ1n) is 10.5. The van der Waals surface area contributed by atoms with E-state index < -0.39 is 33.1 Å². The maximum atomic E-state index is 13.1. The number of hydrogen-bond donors (Lipinski definition) is 0. The van der Waals surface area contributed by atoms with Crippen molar-refractivity contribution in [2.75, 3.05) is 25.6 Å². The second-order valence-electron chi connectivity index (χ2n) is 9.40. The topological polar surface area (TPSA) is 88.1 Å². The maximum absolute atomic E-state index is 13.1. The van der Waals surface area contributed by atoms with Crippen LogP contribution in [-0.4, -0.2) is 57.3 Å². The second-order valence-corrected chi connectivity index (χ2v) is 11.4. The van der Waals surface area contributed by atoms with Gasteiger partial charge in [0.15, 0.2) is 9.84 Å². The van der Waals surface area contributed by atoms with E-state index in [1.54, 1.807) is 20.8 Å². The number of benzene rings is 1. The van der Waals surface area contributed by atoms with Crippen LogP contribution in [0.2, 0.25) is 0 Å². The number of carbonyl (C=O) groups is 1. The van der Waals surface area contributed by atoms with E-state index in [1.807, 2.05) is 13.8 Å². The molecule has 0 radical (unpaired) electrons. The van der Waals surface area contributed by atoms with Gasteiger partial charge in [-0.05, 0) is 70.9 Å². The molecular formula is C23H33FO7S. The second kappa shape index (κ2) is 10.8. The summed E-state index contributed by atoms with van der Waals surface area (Å²) in [6.07, 6.45) is 0.0956. The summed E-state index contributed by atoms with van der Waals surface area (Å²) in [7, 11) is -3.57. The third-order valence-electron chi connectivity index (χ3n) is 4.56. The molecule has 0 aliphatic carbocycles. The molecule has 0 bridgehead atoms. The van der Waals surface area contributed by atoms with E-state index in [1.165, 1.54) is 24.3 Å². The quantitative estimate of drug-likeness (QED) is 0.502. The van der Waals surface area contributed by atoms with Gasteiger partial charge in [0.2, 0.25) is 0 Å². The van der Waals surface area contributed by atoms with Crippen molar-refractivity contribution >= 4 is 15.8 Å². The molecule has 1 atom stereocenters. The van der Waals surface area contributed by atoms with Gasteiger partial charge in [-0.3, -0.25) is 4.79 Å². The molecule has 1 aromatic rings. The van der Waals surface area contributed by atoms with Crippen molar-refractivity contribution in [3.8, 4) is 5.75 Å². The molecule has 2 rings (SSSR count). The normalized spacial score (nSPS) is 19.4. The van der Waals surface area contributed by atoms with Gasteiger partial charge in [0.1, 0.15) is 18.0 Å². The van der Waals surface area contributed by atoms with Crippen molar-refractivity contribution < 1.29 is 36.6 Å². The molecule has 0 aromatic heterocycles. The average Bonchev–Trinajstić information content (AvgIpc) is 2.68. The summed E-state index contributed by atoms with van der Waals surface area (Å²) >= 11 is 0. The summed E-state index contributed by atoms with van der Waals surface area (Å²) in [5.41, 5.74) is -0.717. The summed E-state index contributed by atoms with van der Waals surface area (Å²) in [5.74, 6) is -0.204. The van der Waals surface area contributed by atoms with E-state index in [9.17, 15) is 17.6 Å². The van der Waals surface area contributed by atoms with E-state index >= 15 is 0 Å². The lowest BCUT2D eigenvalue weighted by molar-refractivity contribution is -0.167. The number of hydrogen-bond acceptors (Lipinski definition) is 7. The van der Waals surface area contributed by atoms with Crippen LogP contribution in [0.5, 0.6) is 5.75 Å². The fraction of sp³-hybridized carbons (Fsp3) is 0.609. The Morgan fingerprint density at radius 1 is 1.22 bits per heavy atom. The molecule has 180 valence electrons. The van der Waals surface area contributed by atoms with Crippen LogP contribution in [0.1, 0.15) is 47.5 Å². The molecule has 1 aliphatic heterocycles. The Bertz CT molecular complexity index is 889. The molecule has 0 amide bonds. The molecule has 0 spiro atoms. The first-order chi connectivity index (χ1) is 14.8. The third-order valence-corrected chi connectivity index (χ3v) is 6.36. The largest absolute Gasteiger partial charge is 0.489 e. The SMILES string of the molecule is CC(C)(C)OC(=O)CC/C(=C\F)COc1ccc(S(=O)(=O)CC2COC(C)(C)CO2)cc1. The smallest absolute Gasteiger partial charge is 0.306 e. The van der Waals surface area contributed by atoms with Crippen LogP contribution < -0.4 is 4.74 Å². The molecule has 1 saturated heterocycles. The van der Waals surface area contributed by atoms with Gasteiger partial charge >= 0.3 is 5.97 Å². The third kappa shape index (κ3) is 8.88. The van der Waals surface area contributed by atoms with Crippen LogP contribution in [0, 0.1) is 0 Å². The van der Waals surface area contributed by atoms with Crippen molar-refractivity contribution in [2.45, 2.75) is 69.7 Å². The number of ether oxygens (including phenoxy) is 4. The molecule has 0 N–H and O–H groups in total. The molecule has 32 heavy (non-hydrogen) atoms. The Kier molecular flexibility index (Phi) is 8.84. The van der Waals surface area contributed by atoms with Crippen LogP contribution in [-0.2, 0) is 28.8 Å². The highest BCUT2D eigenvalue weighted by Crippen LogP contribution is 2.23. The zero-order valence-electron chi connectivity index (χ0n) is 19.4.